The molecule has 0 saturated heterocycles. The van der Waals surface area contributed by atoms with Gasteiger partial charge in [-0.15, -0.1) is 0 Å². The van der Waals surface area contributed by atoms with Crippen LogP contribution in [0.1, 0.15) is 37.1 Å². The molecule has 0 amide bonds. The summed E-state index contributed by atoms with van der Waals surface area (Å²) in [7, 11) is 0. The molecule has 8 heteroatoms. The summed E-state index contributed by atoms with van der Waals surface area (Å²) in [5.41, 5.74) is -1.88. The number of hydrogen-bond donors (Lipinski definition) is 2. The van der Waals surface area contributed by atoms with Gasteiger partial charge in [-0.25, -0.2) is 18.0 Å². The molecule has 5 nitrogen and oxygen atoms in total. The van der Waals surface area contributed by atoms with Crippen molar-refractivity contribution in [3.8, 4) is 0 Å². The van der Waals surface area contributed by atoms with Crippen LogP contribution in [0.25, 0.3) is 0 Å². The zero-order chi connectivity index (χ0) is 17.6. The molecule has 1 aliphatic rings. The zero-order valence-corrected chi connectivity index (χ0v) is 13.1. The summed E-state index contributed by atoms with van der Waals surface area (Å²) in [5.74, 6) is -4.25. The second-order valence-electron chi connectivity index (χ2n) is 6.09. The number of nitrogens with one attached hydrogen (secondary N) is 2. The summed E-state index contributed by atoms with van der Waals surface area (Å²) in [6, 6.07) is 3.05. The number of hydrogen-bond acceptors (Lipinski definition) is 3. The fraction of sp³-hybridized carbons (Fsp3) is 0.375. The Labute approximate surface area is 135 Å². The van der Waals surface area contributed by atoms with E-state index in [9.17, 15) is 22.8 Å². The van der Waals surface area contributed by atoms with Gasteiger partial charge in [0.2, 0.25) is 0 Å². The van der Waals surface area contributed by atoms with E-state index < -0.39 is 41.5 Å². The molecule has 2 aromatic rings. The number of aromatic amines is 1. The van der Waals surface area contributed by atoms with Crippen LogP contribution in [0.15, 0.2) is 33.9 Å². The van der Waals surface area contributed by atoms with Gasteiger partial charge in [0.05, 0.1) is 5.56 Å². The molecule has 0 bridgehead atoms. The Morgan fingerprint density at radius 2 is 1.92 bits per heavy atom. The van der Waals surface area contributed by atoms with E-state index in [-0.39, 0.29) is 16.9 Å². The predicted molar refractivity (Wildman–Crippen MR) is 83.1 cm³/mol. The van der Waals surface area contributed by atoms with Gasteiger partial charge in [-0.1, -0.05) is 18.2 Å². The van der Waals surface area contributed by atoms with Gasteiger partial charge in [-0.3, -0.25) is 14.3 Å². The molecular formula is C16H16F3N3O2. The van der Waals surface area contributed by atoms with Gasteiger partial charge in [-0.05, 0) is 19.9 Å². The number of rotatable bonds is 2. The average Bonchev–Trinajstić information content (AvgIpc) is 2.48. The minimum atomic E-state index is -3.39. The van der Waals surface area contributed by atoms with Crippen LogP contribution in [-0.4, -0.2) is 15.5 Å². The van der Waals surface area contributed by atoms with E-state index in [2.05, 4.69) is 10.3 Å². The van der Waals surface area contributed by atoms with Crippen LogP contribution >= 0.6 is 0 Å². The van der Waals surface area contributed by atoms with Gasteiger partial charge in [0.25, 0.3) is 11.5 Å². The molecule has 1 aromatic heterocycles. The number of H-pyrrole nitrogens is 1. The maximum absolute atomic E-state index is 14.6. The van der Waals surface area contributed by atoms with Crippen LogP contribution in [0.4, 0.5) is 19.0 Å². The van der Waals surface area contributed by atoms with E-state index in [1.54, 1.807) is 13.8 Å². The molecule has 0 radical (unpaired) electrons. The monoisotopic (exact) mass is 339 g/mol. The van der Waals surface area contributed by atoms with E-state index >= 15 is 0 Å². The molecule has 0 fully saturated rings. The minimum Gasteiger partial charge on any atom is -0.358 e. The van der Waals surface area contributed by atoms with Gasteiger partial charge in [0.1, 0.15) is 17.7 Å². The Balaban J connectivity index is 2.16. The third-order valence-electron chi connectivity index (χ3n) is 4.09. The summed E-state index contributed by atoms with van der Waals surface area (Å²) in [5, 5.41) is 2.43. The highest BCUT2D eigenvalue weighted by Gasteiger charge is 2.47. The summed E-state index contributed by atoms with van der Waals surface area (Å²) >= 11 is 0. The highest BCUT2D eigenvalue weighted by atomic mass is 19.3. The van der Waals surface area contributed by atoms with Crippen molar-refractivity contribution in [2.75, 3.05) is 5.32 Å². The smallest absolute Gasteiger partial charge is 0.330 e. The number of alkyl halides is 2. The van der Waals surface area contributed by atoms with Gasteiger partial charge in [0, 0.05) is 18.0 Å². The molecule has 2 N–H and O–H groups in total. The normalized spacial score (nSPS) is 19.0. The first kappa shape index (κ1) is 16.4. The molecule has 1 atom stereocenters. The SMILES string of the molecule is CC(C)n1c(=O)[nH]c2c(c1=O)CC(F)(F)[C@@H](c1ccccc1F)N2. The molecule has 0 aliphatic carbocycles. The Morgan fingerprint density at radius 3 is 2.54 bits per heavy atom. The van der Waals surface area contributed by atoms with Crippen LogP contribution < -0.4 is 16.6 Å². The van der Waals surface area contributed by atoms with Crippen molar-refractivity contribution in [2.24, 2.45) is 0 Å². The zero-order valence-electron chi connectivity index (χ0n) is 13.1. The molecule has 0 saturated carbocycles. The van der Waals surface area contributed by atoms with E-state index in [0.29, 0.717) is 0 Å². The summed E-state index contributed by atoms with van der Waals surface area (Å²) in [6.45, 7) is 3.22. The highest BCUT2D eigenvalue weighted by Crippen LogP contribution is 2.41. The molecule has 1 aliphatic heterocycles. The molecule has 0 spiro atoms. The summed E-state index contributed by atoms with van der Waals surface area (Å²) < 4.78 is 43.9. The van der Waals surface area contributed by atoms with E-state index in [1.807, 2.05) is 0 Å². The first-order valence-electron chi connectivity index (χ1n) is 7.49. The first-order chi connectivity index (χ1) is 11.2. The van der Waals surface area contributed by atoms with Gasteiger partial charge >= 0.3 is 5.69 Å². The molecule has 3 rings (SSSR count). The molecule has 1 aromatic carbocycles. The third-order valence-corrected chi connectivity index (χ3v) is 4.09. The lowest BCUT2D eigenvalue weighted by atomic mass is 9.91. The van der Waals surface area contributed by atoms with Crippen LogP contribution in [0.3, 0.4) is 0 Å². The highest BCUT2D eigenvalue weighted by molar-refractivity contribution is 5.50. The summed E-state index contributed by atoms with van der Waals surface area (Å²) in [6.07, 6.45) is -0.878. The first-order valence-corrected chi connectivity index (χ1v) is 7.49. The lowest BCUT2D eigenvalue weighted by Crippen LogP contribution is -2.47. The Hall–Kier alpha value is -2.51. The van der Waals surface area contributed by atoms with Crippen molar-refractivity contribution in [3.05, 3.63) is 62.0 Å². The fourth-order valence-electron chi connectivity index (χ4n) is 2.95. The summed E-state index contributed by atoms with van der Waals surface area (Å²) in [4.78, 5) is 26.8. The Kier molecular flexibility index (Phi) is 3.77. The van der Waals surface area contributed by atoms with Crippen LogP contribution in [0, 0.1) is 5.82 Å². The van der Waals surface area contributed by atoms with Gasteiger partial charge < -0.3 is 5.32 Å². The number of fused-ring (bicyclic) bond motifs is 1. The maximum atomic E-state index is 14.6. The van der Waals surface area contributed by atoms with Crippen molar-refractivity contribution >= 4 is 5.82 Å². The third kappa shape index (κ3) is 2.51. The lowest BCUT2D eigenvalue weighted by Gasteiger charge is -2.34. The number of halogens is 3. The number of nitrogens with zero attached hydrogens (tertiary/aromatic N) is 1. The van der Waals surface area contributed by atoms with Crippen molar-refractivity contribution in [1.29, 1.82) is 0 Å². The van der Waals surface area contributed by atoms with Crippen molar-refractivity contribution in [1.82, 2.24) is 9.55 Å². The van der Waals surface area contributed by atoms with Crippen molar-refractivity contribution in [3.63, 3.8) is 0 Å². The maximum Gasteiger partial charge on any atom is 0.330 e. The van der Waals surface area contributed by atoms with Crippen LogP contribution in [0.2, 0.25) is 0 Å². The predicted octanol–water partition coefficient (Wildman–Crippen LogP) is 2.60. The Morgan fingerprint density at radius 1 is 1.25 bits per heavy atom. The number of anilines is 1. The molecule has 128 valence electrons. The molecule has 0 unspecified atom stereocenters. The largest absolute Gasteiger partial charge is 0.358 e. The Bertz CT molecular complexity index is 902. The van der Waals surface area contributed by atoms with E-state index in [1.165, 1.54) is 18.2 Å². The van der Waals surface area contributed by atoms with Gasteiger partial charge in [-0.2, -0.15) is 0 Å². The minimum absolute atomic E-state index is 0.0823. The van der Waals surface area contributed by atoms with Crippen molar-refractivity contribution < 1.29 is 13.2 Å². The van der Waals surface area contributed by atoms with Gasteiger partial charge in [0.15, 0.2) is 0 Å². The topological polar surface area (TPSA) is 66.9 Å². The van der Waals surface area contributed by atoms with Crippen molar-refractivity contribution in [2.45, 2.75) is 38.3 Å². The van der Waals surface area contributed by atoms with E-state index in [0.717, 1.165) is 10.6 Å². The second-order valence-corrected chi connectivity index (χ2v) is 6.09. The number of aromatic nitrogens is 2. The second kappa shape index (κ2) is 5.54. The molecule has 2 heterocycles. The molecular weight excluding hydrogens is 323 g/mol. The lowest BCUT2D eigenvalue weighted by molar-refractivity contribution is -0.0243. The molecule has 24 heavy (non-hydrogen) atoms. The number of benzene rings is 1. The van der Waals surface area contributed by atoms with Crippen LogP contribution in [-0.2, 0) is 6.42 Å². The fourth-order valence-corrected chi connectivity index (χ4v) is 2.95. The average molecular weight is 339 g/mol. The van der Waals surface area contributed by atoms with Crippen LogP contribution in [0.5, 0.6) is 0 Å². The standard InChI is InChI=1S/C16H16F3N3O2/c1-8(2)22-14(23)10-7-16(18,19)12(20-13(10)21-15(22)24)9-5-3-4-6-11(9)17/h3-6,8,12,20H,7H2,1-2H3,(H,21,24)/t12-/m1/s1. The van der Waals surface area contributed by atoms with E-state index in [4.69, 9.17) is 0 Å². The quantitative estimate of drug-likeness (QED) is 0.884.